The van der Waals surface area contributed by atoms with Crippen LogP contribution in [0.15, 0.2) is 0 Å². The molecular formula is C18H32N4O4. The Bertz CT molecular complexity index is 503. The van der Waals surface area contributed by atoms with Crippen LogP contribution in [-0.2, 0) is 14.3 Å². The van der Waals surface area contributed by atoms with Crippen LogP contribution in [0.4, 0.5) is 4.79 Å². The van der Waals surface area contributed by atoms with Crippen molar-refractivity contribution in [1.82, 2.24) is 20.4 Å². The zero-order chi connectivity index (χ0) is 19.1. The molecule has 2 rings (SSSR count). The molecule has 8 nitrogen and oxygen atoms in total. The number of rotatable bonds is 8. The van der Waals surface area contributed by atoms with E-state index >= 15 is 0 Å². The van der Waals surface area contributed by atoms with Crippen LogP contribution in [-0.4, -0.2) is 80.6 Å². The van der Waals surface area contributed by atoms with Crippen LogP contribution in [0.3, 0.4) is 0 Å². The lowest BCUT2D eigenvalue weighted by molar-refractivity contribution is -0.127. The molecule has 0 radical (unpaired) electrons. The van der Waals surface area contributed by atoms with Gasteiger partial charge in [-0.25, -0.2) is 4.79 Å². The van der Waals surface area contributed by atoms with Gasteiger partial charge in [-0.15, -0.1) is 0 Å². The number of ether oxygens (including phenoxy) is 1. The van der Waals surface area contributed by atoms with Gasteiger partial charge in [0.2, 0.25) is 11.8 Å². The molecule has 2 atom stereocenters. The number of hydrogen-bond donors (Lipinski definition) is 2. The molecule has 148 valence electrons. The first-order valence-electron chi connectivity index (χ1n) is 9.56. The Balaban J connectivity index is 1.62. The first-order chi connectivity index (χ1) is 12.4. The standard InChI is InChI=1S/C18H32N4O4/c1-4-26-18(25)22-10-6-13(7-11-22)20-17(24)15-12-14(15)16(23)19-8-5-9-21(2)3/h13-15H,4-12H2,1-3H3,(H,19,23)(H,20,24). The molecule has 2 N–H and O–H groups in total. The van der Waals surface area contributed by atoms with Crippen LogP contribution < -0.4 is 10.6 Å². The summed E-state index contributed by atoms with van der Waals surface area (Å²) in [5, 5.41) is 5.95. The molecule has 0 aromatic rings. The lowest BCUT2D eigenvalue weighted by Gasteiger charge is -2.31. The predicted molar refractivity (Wildman–Crippen MR) is 97.5 cm³/mol. The third-order valence-corrected chi connectivity index (χ3v) is 4.91. The summed E-state index contributed by atoms with van der Waals surface area (Å²) in [6.45, 7) is 4.91. The van der Waals surface area contributed by atoms with Crippen molar-refractivity contribution in [3.63, 3.8) is 0 Å². The average molecular weight is 368 g/mol. The molecule has 0 bridgehead atoms. The summed E-state index contributed by atoms with van der Waals surface area (Å²) in [7, 11) is 4.00. The summed E-state index contributed by atoms with van der Waals surface area (Å²) in [4.78, 5) is 39.8. The Labute approximate surface area is 155 Å². The Hall–Kier alpha value is -1.83. The van der Waals surface area contributed by atoms with E-state index in [-0.39, 0.29) is 35.8 Å². The minimum Gasteiger partial charge on any atom is -0.450 e. The van der Waals surface area contributed by atoms with Crippen molar-refractivity contribution in [2.45, 2.75) is 38.6 Å². The van der Waals surface area contributed by atoms with Crippen LogP contribution in [0, 0.1) is 11.8 Å². The van der Waals surface area contributed by atoms with E-state index < -0.39 is 0 Å². The van der Waals surface area contributed by atoms with Crippen LogP contribution in [0.5, 0.6) is 0 Å². The molecule has 8 heteroatoms. The van der Waals surface area contributed by atoms with Gasteiger partial charge >= 0.3 is 6.09 Å². The lowest BCUT2D eigenvalue weighted by Crippen LogP contribution is -2.47. The number of hydrogen-bond acceptors (Lipinski definition) is 5. The van der Waals surface area contributed by atoms with E-state index in [9.17, 15) is 14.4 Å². The molecule has 26 heavy (non-hydrogen) atoms. The molecule has 1 saturated heterocycles. The summed E-state index contributed by atoms with van der Waals surface area (Å²) in [6.07, 6.45) is 2.69. The van der Waals surface area contributed by atoms with Gasteiger partial charge in [0.05, 0.1) is 18.4 Å². The number of nitrogens with zero attached hydrogens (tertiary/aromatic N) is 2. The molecule has 0 aromatic heterocycles. The fraction of sp³-hybridized carbons (Fsp3) is 0.833. The number of amides is 3. The zero-order valence-electron chi connectivity index (χ0n) is 16.1. The Kier molecular flexibility index (Phi) is 7.68. The van der Waals surface area contributed by atoms with Gasteiger partial charge in [-0.2, -0.15) is 0 Å². The highest BCUT2D eigenvalue weighted by molar-refractivity contribution is 5.92. The maximum absolute atomic E-state index is 12.3. The number of piperidine rings is 1. The molecule has 0 spiro atoms. The van der Waals surface area contributed by atoms with Gasteiger partial charge in [0.1, 0.15) is 0 Å². The largest absolute Gasteiger partial charge is 0.450 e. The molecule has 1 saturated carbocycles. The van der Waals surface area contributed by atoms with Crippen LogP contribution in [0.2, 0.25) is 0 Å². The van der Waals surface area contributed by atoms with E-state index in [1.165, 1.54) is 0 Å². The van der Waals surface area contributed by atoms with Gasteiger partial charge in [-0.3, -0.25) is 9.59 Å². The SMILES string of the molecule is CCOC(=O)N1CCC(NC(=O)C2CC2C(=O)NCCCN(C)C)CC1. The number of carbonyl (C=O) groups is 3. The first-order valence-corrected chi connectivity index (χ1v) is 9.56. The Morgan fingerprint density at radius 1 is 1.12 bits per heavy atom. The van der Waals surface area contributed by atoms with Crippen molar-refractivity contribution >= 4 is 17.9 Å². The van der Waals surface area contributed by atoms with E-state index in [1.54, 1.807) is 11.8 Å². The summed E-state index contributed by atoms with van der Waals surface area (Å²) in [5.41, 5.74) is 0. The number of likely N-dealkylation sites (tertiary alicyclic amines) is 1. The fourth-order valence-corrected chi connectivity index (χ4v) is 3.24. The topological polar surface area (TPSA) is 91.0 Å². The first kappa shape index (κ1) is 20.5. The second-order valence-corrected chi connectivity index (χ2v) is 7.37. The van der Waals surface area contributed by atoms with E-state index in [1.807, 2.05) is 14.1 Å². The molecule has 1 heterocycles. The van der Waals surface area contributed by atoms with Crippen LogP contribution in [0.25, 0.3) is 0 Å². The van der Waals surface area contributed by atoms with Crippen LogP contribution in [0.1, 0.15) is 32.6 Å². The van der Waals surface area contributed by atoms with Gasteiger partial charge < -0.3 is 25.2 Å². The minimum atomic E-state index is -0.287. The van der Waals surface area contributed by atoms with Gasteiger partial charge in [-0.05, 0) is 53.2 Å². The molecule has 1 aliphatic heterocycles. The predicted octanol–water partition coefficient (Wildman–Crippen LogP) is 0.428. The molecule has 2 fully saturated rings. The summed E-state index contributed by atoms with van der Waals surface area (Å²) in [5.74, 6) is -0.435. The Morgan fingerprint density at radius 2 is 1.77 bits per heavy atom. The van der Waals surface area contributed by atoms with Gasteiger partial charge in [0.15, 0.2) is 0 Å². The summed E-state index contributed by atoms with van der Waals surface area (Å²) >= 11 is 0. The van der Waals surface area contributed by atoms with Crippen molar-refractivity contribution in [2.75, 3.05) is 46.9 Å². The lowest BCUT2D eigenvalue weighted by atomic mass is 10.1. The maximum Gasteiger partial charge on any atom is 0.409 e. The zero-order valence-corrected chi connectivity index (χ0v) is 16.1. The quantitative estimate of drug-likeness (QED) is 0.606. The van der Waals surface area contributed by atoms with E-state index in [2.05, 4.69) is 15.5 Å². The summed E-state index contributed by atoms with van der Waals surface area (Å²) < 4.78 is 4.99. The monoisotopic (exact) mass is 368 g/mol. The summed E-state index contributed by atoms with van der Waals surface area (Å²) in [6, 6.07) is 0.0672. The molecule has 2 aliphatic rings. The second-order valence-electron chi connectivity index (χ2n) is 7.37. The average Bonchev–Trinajstić information content (AvgIpc) is 3.40. The van der Waals surface area contributed by atoms with Crippen LogP contribution >= 0.6 is 0 Å². The number of carbonyl (C=O) groups excluding carboxylic acids is 3. The third kappa shape index (κ3) is 6.16. The van der Waals surface area contributed by atoms with Crippen molar-refractivity contribution in [3.05, 3.63) is 0 Å². The van der Waals surface area contributed by atoms with Crippen molar-refractivity contribution < 1.29 is 19.1 Å². The second kappa shape index (κ2) is 9.75. The normalized spacial score (nSPS) is 22.8. The van der Waals surface area contributed by atoms with Gasteiger partial charge in [0, 0.05) is 25.7 Å². The van der Waals surface area contributed by atoms with Crippen molar-refractivity contribution in [1.29, 1.82) is 0 Å². The molecule has 3 amide bonds. The third-order valence-electron chi connectivity index (χ3n) is 4.91. The molecule has 0 aromatic carbocycles. The highest BCUT2D eigenvalue weighted by Crippen LogP contribution is 2.39. The van der Waals surface area contributed by atoms with E-state index in [4.69, 9.17) is 4.74 Å². The number of nitrogens with one attached hydrogen (secondary N) is 2. The van der Waals surface area contributed by atoms with Crippen molar-refractivity contribution in [2.24, 2.45) is 11.8 Å². The fourth-order valence-electron chi connectivity index (χ4n) is 3.24. The van der Waals surface area contributed by atoms with Crippen molar-refractivity contribution in [3.8, 4) is 0 Å². The molecular weight excluding hydrogens is 336 g/mol. The Morgan fingerprint density at radius 3 is 2.38 bits per heavy atom. The van der Waals surface area contributed by atoms with E-state index in [0.717, 1.165) is 25.8 Å². The van der Waals surface area contributed by atoms with Gasteiger partial charge in [-0.1, -0.05) is 0 Å². The maximum atomic E-state index is 12.3. The highest BCUT2D eigenvalue weighted by Gasteiger charge is 2.48. The molecule has 2 unspecified atom stereocenters. The minimum absolute atomic E-state index is 0.0129. The van der Waals surface area contributed by atoms with Gasteiger partial charge in [0.25, 0.3) is 0 Å². The smallest absolute Gasteiger partial charge is 0.409 e. The molecule has 1 aliphatic carbocycles. The van der Waals surface area contributed by atoms with E-state index in [0.29, 0.717) is 32.7 Å². The highest BCUT2D eigenvalue weighted by atomic mass is 16.6.